The molecule has 1 fully saturated rings. The van der Waals surface area contributed by atoms with Crippen LogP contribution in [0.4, 0.5) is 5.13 Å². The van der Waals surface area contributed by atoms with Gasteiger partial charge in [0, 0.05) is 11.6 Å². The van der Waals surface area contributed by atoms with Gasteiger partial charge in [0.05, 0.1) is 25.6 Å². The van der Waals surface area contributed by atoms with Gasteiger partial charge in [-0.3, -0.25) is 14.9 Å². The molecule has 1 heterocycles. The van der Waals surface area contributed by atoms with E-state index in [0.717, 1.165) is 12.8 Å². The van der Waals surface area contributed by atoms with Crippen LogP contribution in [0.3, 0.4) is 0 Å². The van der Waals surface area contributed by atoms with Crippen LogP contribution in [-0.4, -0.2) is 53.6 Å². The third-order valence-corrected chi connectivity index (χ3v) is 6.82. The molecule has 1 aliphatic rings. The summed E-state index contributed by atoms with van der Waals surface area (Å²) in [5.74, 6) is 1.26. The molecule has 11 heteroatoms. The SMILES string of the molecule is CCOc1cc(C(=O)Nc2nnc(SCC(=O)NC3CCCC3)s2)cc(OCC)c1OCC. The van der Waals surface area contributed by atoms with Gasteiger partial charge in [0.2, 0.25) is 16.8 Å². The number of anilines is 1. The molecule has 2 amide bonds. The van der Waals surface area contributed by atoms with Crippen LogP contribution in [-0.2, 0) is 4.79 Å². The lowest BCUT2D eigenvalue weighted by atomic mass is 10.1. The van der Waals surface area contributed by atoms with E-state index in [1.807, 2.05) is 20.8 Å². The Labute approximate surface area is 202 Å². The minimum absolute atomic E-state index is 0.00557. The van der Waals surface area contributed by atoms with Crippen molar-refractivity contribution in [3.05, 3.63) is 17.7 Å². The fourth-order valence-electron chi connectivity index (χ4n) is 3.47. The topological polar surface area (TPSA) is 112 Å². The van der Waals surface area contributed by atoms with Gasteiger partial charge in [-0.1, -0.05) is 35.9 Å². The van der Waals surface area contributed by atoms with E-state index >= 15 is 0 Å². The molecule has 180 valence electrons. The predicted molar refractivity (Wildman–Crippen MR) is 129 cm³/mol. The van der Waals surface area contributed by atoms with E-state index in [-0.39, 0.29) is 17.6 Å². The summed E-state index contributed by atoms with van der Waals surface area (Å²) in [5.41, 5.74) is 0.352. The van der Waals surface area contributed by atoms with E-state index < -0.39 is 0 Å². The van der Waals surface area contributed by atoms with Gasteiger partial charge < -0.3 is 19.5 Å². The number of hydrogen-bond acceptors (Lipinski definition) is 9. The Morgan fingerprint density at radius 2 is 1.67 bits per heavy atom. The minimum Gasteiger partial charge on any atom is -0.490 e. The highest BCUT2D eigenvalue weighted by Gasteiger charge is 2.20. The maximum atomic E-state index is 12.9. The number of amides is 2. The summed E-state index contributed by atoms with van der Waals surface area (Å²) >= 11 is 2.53. The van der Waals surface area contributed by atoms with Crippen LogP contribution in [0, 0.1) is 0 Å². The van der Waals surface area contributed by atoms with Crippen LogP contribution in [0.25, 0.3) is 0 Å². The molecule has 1 aromatic carbocycles. The molecule has 2 aromatic rings. The number of nitrogens with one attached hydrogen (secondary N) is 2. The number of aromatic nitrogens is 2. The van der Waals surface area contributed by atoms with E-state index in [9.17, 15) is 9.59 Å². The molecule has 3 rings (SSSR count). The first kappa shape index (κ1) is 25.1. The highest BCUT2D eigenvalue weighted by molar-refractivity contribution is 8.01. The second-order valence-electron chi connectivity index (χ2n) is 7.27. The van der Waals surface area contributed by atoms with Crippen LogP contribution in [0.5, 0.6) is 17.2 Å². The Balaban J connectivity index is 1.63. The Bertz CT molecular complexity index is 920. The number of ether oxygens (including phenoxy) is 3. The smallest absolute Gasteiger partial charge is 0.257 e. The Morgan fingerprint density at radius 3 is 2.27 bits per heavy atom. The number of thioether (sulfide) groups is 1. The third-order valence-electron chi connectivity index (χ3n) is 4.85. The second-order valence-corrected chi connectivity index (χ2v) is 9.47. The largest absolute Gasteiger partial charge is 0.490 e. The maximum absolute atomic E-state index is 12.9. The summed E-state index contributed by atoms with van der Waals surface area (Å²) in [6.07, 6.45) is 4.44. The van der Waals surface area contributed by atoms with Crippen LogP contribution in [0.1, 0.15) is 56.8 Å². The lowest BCUT2D eigenvalue weighted by Gasteiger charge is -2.16. The van der Waals surface area contributed by atoms with E-state index in [1.165, 1.54) is 35.9 Å². The molecule has 0 radical (unpaired) electrons. The first-order valence-electron chi connectivity index (χ1n) is 11.2. The molecule has 0 spiro atoms. The van der Waals surface area contributed by atoms with E-state index in [1.54, 1.807) is 12.1 Å². The van der Waals surface area contributed by atoms with E-state index in [4.69, 9.17) is 14.2 Å². The summed E-state index contributed by atoms with van der Waals surface area (Å²) < 4.78 is 17.6. The molecule has 1 aromatic heterocycles. The van der Waals surface area contributed by atoms with Crippen LogP contribution in [0.15, 0.2) is 16.5 Å². The highest BCUT2D eigenvalue weighted by Crippen LogP contribution is 2.39. The molecule has 1 aliphatic carbocycles. The zero-order valence-electron chi connectivity index (χ0n) is 19.1. The Kier molecular flexibility index (Phi) is 9.61. The summed E-state index contributed by atoms with van der Waals surface area (Å²) in [5, 5.41) is 14.2. The molecular formula is C22H30N4O5S2. The zero-order valence-corrected chi connectivity index (χ0v) is 20.8. The average molecular weight is 495 g/mol. The van der Waals surface area contributed by atoms with Crippen molar-refractivity contribution < 1.29 is 23.8 Å². The minimum atomic E-state index is -0.369. The molecule has 0 atom stereocenters. The standard InChI is InChI=1S/C22H30N4O5S2/c1-4-29-16-11-14(12-17(30-5-2)19(16)31-6-3)20(28)24-21-25-26-22(33-21)32-13-18(27)23-15-9-7-8-10-15/h11-12,15H,4-10,13H2,1-3H3,(H,23,27)(H,24,25,28). The number of nitrogens with zero attached hydrogens (tertiary/aromatic N) is 2. The quantitative estimate of drug-likeness (QED) is 0.335. The molecule has 0 saturated heterocycles. The predicted octanol–water partition coefficient (Wildman–Crippen LogP) is 4.14. The van der Waals surface area contributed by atoms with Crippen molar-refractivity contribution in [2.24, 2.45) is 0 Å². The molecule has 1 saturated carbocycles. The maximum Gasteiger partial charge on any atom is 0.257 e. The van der Waals surface area contributed by atoms with Crippen molar-refractivity contribution in [3.8, 4) is 17.2 Å². The summed E-state index contributed by atoms with van der Waals surface area (Å²) in [4.78, 5) is 25.0. The molecule has 9 nitrogen and oxygen atoms in total. The van der Waals surface area contributed by atoms with Gasteiger partial charge in [-0.25, -0.2) is 0 Å². The molecule has 0 bridgehead atoms. The van der Waals surface area contributed by atoms with Crippen LogP contribution < -0.4 is 24.8 Å². The summed E-state index contributed by atoms with van der Waals surface area (Å²) in [6.45, 7) is 6.86. The first-order valence-corrected chi connectivity index (χ1v) is 13.0. The van der Waals surface area contributed by atoms with Crippen molar-refractivity contribution in [1.82, 2.24) is 15.5 Å². The summed E-state index contributed by atoms with van der Waals surface area (Å²) in [7, 11) is 0. The monoisotopic (exact) mass is 494 g/mol. The fraction of sp³-hybridized carbons (Fsp3) is 0.545. The van der Waals surface area contributed by atoms with Gasteiger partial charge in [-0.15, -0.1) is 10.2 Å². The number of carbonyl (C=O) groups is 2. The number of hydrogen-bond donors (Lipinski definition) is 2. The molecule has 33 heavy (non-hydrogen) atoms. The van der Waals surface area contributed by atoms with Crippen molar-refractivity contribution in [2.45, 2.75) is 56.8 Å². The van der Waals surface area contributed by atoms with Crippen molar-refractivity contribution >= 4 is 40.0 Å². The highest BCUT2D eigenvalue weighted by atomic mass is 32.2. The number of carbonyl (C=O) groups excluding carboxylic acids is 2. The zero-order chi connectivity index (χ0) is 23.6. The third kappa shape index (κ3) is 7.23. The van der Waals surface area contributed by atoms with Crippen LogP contribution >= 0.6 is 23.1 Å². The number of benzene rings is 1. The first-order chi connectivity index (χ1) is 16.0. The molecular weight excluding hydrogens is 464 g/mol. The van der Waals surface area contributed by atoms with Gasteiger partial charge in [-0.05, 0) is 45.7 Å². The fourth-order valence-corrected chi connectivity index (χ4v) is 5.03. The van der Waals surface area contributed by atoms with Crippen LogP contribution in [0.2, 0.25) is 0 Å². The van der Waals surface area contributed by atoms with E-state index in [2.05, 4.69) is 20.8 Å². The van der Waals surface area contributed by atoms with Gasteiger partial charge >= 0.3 is 0 Å². The average Bonchev–Trinajstić information content (AvgIpc) is 3.46. The molecule has 0 aliphatic heterocycles. The van der Waals surface area contributed by atoms with Gasteiger partial charge in [0.15, 0.2) is 15.8 Å². The van der Waals surface area contributed by atoms with Gasteiger partial charge in [0.1, 0.15) is 0 Å². The Morgan fingerprint density at radius 1 is 1.03 bits per heavy atom. The van der Waals surface area contributed by atoms with Crippen molar-refractivity contribution in [3.63, 3.8) is 0 Å². The second kappa shape index (κ2) is 12.6. The van der Waals surface area contributed by atoms with E-state index in [0.29, 0.717) is 58.1 Å². The lowest BCUT2D eigenvalue weighted by Crippen LogP contribution is -2.33. The normalized spacial score (nSPS) is 13.5. The van der Waals surface area contributed by atoms with Crippen molar-refractivity contribution in [2.75, 3.05) is 30.9 Å². The van der Waals surface area contributed by atoms with Gasteiger partial charge in [-0.2, -0.15) is 0 Å². The molecule has 0 unspecified atom stereocenters. The molecule has 2 N–H and O–H groups in total. The summed E-state index contributed by atoms with van der Waals surface area (Å²) in [6, 6.07) is 3.53. The van der Waals surface area contributed by atoms with Crippen molar-refractivity contribution in [1.29, 1.82) is 0 Å². The lowest BCUT2D eigenvalue weighted by molar-refractivity contribution is -0.119. The van der Waals surface area contributed by atoms with Gasteiger partial charge in [0.25, 0.3) is 5.91 Å². The number of rotatable bonds is 12. The Hall–Kier alpha value is -2.53.